The first kappa shape index (κ1) is 32.8. The minimum atomic E-state index is -4.72. The summed E-state index contributed by atoms with van der Waals surface area (Å²) >= 11 is 0. The molecule has 2 heterocycles. The van der Waals surface area contributed by atoms with Crippen LogP contribution < -0.4 is 0 Å². The number of alkyl halides is 6. The molecule has 2 aromatic heterocycles. The fourth-order valence-corrected chi connectivity index (χ4v) is 6.35. The molecular formula is C41H23F7N4. The lowest BCUT2D eigenvalue weighted by atomic mass is 9.97. The van der Waals surface area contributed by atoms with E-state index in [0.29, 0.717) is 39.1 Å². The smallest absolute Gasteiger partial charge is 0.309 e. The number of fused-ring (bicyclic) bond motifs is 3. The summed E-state index contributed by atoms with van der Waals surface area (Å²) in [6.07, 6.45) is -9.45. The van der Waals surface area contributed by atoms with Crippen molar-refractivity contribution in [3.8, 4) is 51.0 Å². The normalized spacial score (nSPS) is 12.1. The average Bonchev–Trinajstić information content (AvgIpc) is 3.48. The largest absolute Gasteiger partial charge is 0.416 e. The zero-order chi connectivity index (χ0) is 36.2. The minimum absolute atomic E-state index is 0.0272. The fraction of sp³-hybridized carbons (Fsp3) is 0.0488. The molecule has 0 radical (unpaired) electrons. The van der Waals surface area contributed by atoms with Crippen molar-refractivity contribution < 1.29 is 30.7 Å². The molecule has 6 aromatic carbocycles. The van der Waals surface area contributed by atoms with Gasteiger partial charge in [-0.3, -0.25) is 0 Å². The van der Waals surface area contributed by atoms with Gasteiger partial charge in [0, 0.05) is 38.7 Å². The van der Waals surface area contributed by atoms with Gasteiger partial charge >= 0.3 is 12.4 Å². The number of benzene rings is 6. The Hall–Kier alpha value is -6.36. The van der Waals surface area contributed by atoms with Gasteiger partial charge in [-0.05, 0) is 48.0 Å². The number of nitrogens with zero attached hydrogens (tertiary/aromatic N) is 4. The lowest BCUT2D eigenvalue weighted by Crippen LogP contribution is -2.06. The molecule has 0 spiro atoms. The summed E-state index contributed by atoms with van der Waals surface area (Å²) in [6, 6.07) is 35.0. The molecule has 0 bridgehead atoms. The van der Waals surface area contributed by atoms with Crippen LogP contribution in [0.25, 0.3) is 72.8 Å². The van der Waals surface area contributed by atoms with Crippen LogP contribution >= 0.6 is 0 Å². The monoisotopic (exact) mass is 704 g/mol. The van der Waals surface area contributed by atoms with E-state index in [4.69, 9.17) is 15.0 Å². The molecule has 0 aliphatic rings. The van der Waals surface area contributed by atoms with Crippen molar-refractivity contribution in [2.24, 2.45) is 0 Å². The topological polar surface area (TPSA) is 43.6 Å². The molecule has 0 amide bonds. The third-order valence-corrected chi connectivity index (χ3v) is 8.79. The van der Waals surface area contributed by atoms with Crippen LogP contribution in [0.5, 0.6) is 0 Å². The van der Waals surface area contributed by atoms with Gasteiger partial charge in [0.2, 0.25) is 0 Å². The molecule has 0 unspecified atom stereocenters. The maximum atomic E-state index is 15.5. The lowest BCUT2D eigenvalue weighted by Gasteiger charge is -2.16. The second kappa shape index (κ2) is 12.4. The number of halogens is 7. The van der Waals surface area contributed by atoms with Crippen LogP contribution in [0.2, 0.25) is 0 Å². The van der Waals surface area contributed by atoms with Crippen molar-refractivity contribution in [3.63, 3.8) is 0 Å². The predicted octanol–water partition coefficient (Wildman–Crippen LogP) is 11.8. The number of hydrogen-bond donors (Lipinski definition) is 0. The van der Waals surface area contributed by atoms with Crippen LogP contribution in [-0.2, 0) is 12.4 Å². The van der Waals surface area contributed by atoms with Gasteiger partial charge in [0.25, 0.3) is 0 Å². The standard InChI is InChI=1S/C41H23F7N4/c42-34-14-8-7-13-30(34)29-20-17-28(23-33(29)39-50-37(24-9-3-1-4-10-24)49-38(51-39)25-11-5-2-6-12-25)52-35-21-26(40(43,44)45)15-18-31(35)32-19-16-27(22-36(32)52)41(46,47)48/h1-23H. The molecule has 0 aliphatic heterocycles. The summed E-state index contributed by atoms with van der Waals surface area (Å²) in [6.45, 7) is 0. The highest BCUT2D eigenvalue weighted by atomic mass is 19.4. The maximum Gasteiger partial charge on any atom is 0.416 e. The first-order valence-corrected chi connectivity index (χ1v) is 15.9. The van der Waals surface area contributed by atoms with Crippen LogP contribution in [0.15, 0.2) is 140 Å². The zero-order valence-corrected chi connectivity index (χ0v) is 26.7. The van der Waals surface area contributed by atoms with E-state index in [-0.39, 0.29) is 33.7 Å². The first-order valence-electron chi connectivity index (χ1n) is 15.9. The number of hydrogen-bond acceptors (Lipinski definition) is 3. The van der Waals surface area contributed by atoms with Crippen molar-refractivity contribution in [3.05, 3.63) is 156 Å². The summed E-state index contributed by atoms with van der Waals surface area (Å²) in [5, 5.41) is 0.628. The Morgan fingerprint density at radius 2 is 0.904 bits per heavy atom. The lowest BCUT2D eigenvalue weighted by molar-refractivity contribution is -0.138. The second-order valence-corrected chi connectivity index (χ2v) is 12.0. The van der Waals surface area contributed by atoms with Crippen LogP contribution in [0.3, 0.4) is 0 Å². The van der Waals surface area contributed by atoms with Gasteiger partial charge in [-0.2, -0.15) is 26.3 Å². The van der Waals surface area contributed by atoms with E-state index in [1.54, 1.807) is 24.3 Å². The Bertz CT molecular complexity index is 2480. The van der Waals surface area contributed by atoms with Crippen LogP contribution in [0.1, 0.15) is 11.1 Å². The quantitative estimate of drug-likeness (QED) is 0.168. The molecule has 8 rings (SSSR count). The molecule has 0 fully saturated rings. The van der Waals surface area contributed by atoms with E-state index in [1.807, 2.05) is 60.7 Å². The van der Waals surface area contributed by atoms with E-state index in [0.717, 1.165) is 24.3 Å². The molecule has 0 atom stereocenters. The Morgan fingerprint density at radius 3 is 1.40 bits per heavy atom. The SMILES string of the molecule is Fc1ccccc1-c1ccc(-n2c3cc(C(F)(F)F)ccc3c3ccc(C(F)(F)F)cc32)cc1-c1nc(-c2ccccc2)nc(-c2ccccc2)n1. The predicted molar refractivity (Wildman–Crippen MR) is 186 cm³/mol. The van der Waals surface area contributed by atoms with Crippen LogP contribution in [-0.4, -0.2) is 19.5 Å². The first-order chi connectivity index (χ1) is 25.0. The van der Waals surface area contributed by atoms with Crippen molar-refractivity contribution in [2.45, 2.75) is 12.4 Å². The fourth-order valence-electron chi connectivity index (χ4n) is 6.35. The van der Waals surface area contributed by atoms with E-state index in [1.165, 1.54) is 34.9 Å². The van der Waals surface area contributed by atoms with Gasteiger partial charge in [0.05, 0.1) is 22.2 Å². The highest BCUT2D eigenvalue weighted by Crippen LogP contribution is 2.42. The second-order valence-electron chi connectivity index (χ2n) is 12.0. The third-order valence-electron chi connectivity index (χ3n) is 8.79. The van der Waals surface area contributed by atoms with Crippen molar-refractivity contribution in [1.82, 2.24) is 19.5 Å². The number of rotatable bonds is 5. The van der Waals surface area contributed by atoms with E-state index in [9.17, 15) is 26.3 Å². The Labute approximate surface area is 291 Å². The molecular weight excluding hydrogens is 681 g/mol. The van der Waals surface area contributed by atoms with Crippen LogP contribution in [0.4, 0.5) is 30.7 Å². The molecule has 0 saturated carbocycles. The summed E-state index contributed by atoms with van der Waals surface area (Å²) in [5.74, 6) is 0.158. The highest BCUT2D eigenvalue weighted by molar-refractivity contribution is 6.10. The molecule has 0 aliphatic carbocycles. The Balaban J connectivity index is 1.46. The Morgan fingerprint density at radius 1 is 0.423 bits per heavy atom. The molecule has 0 saturated heterocycles. The molecule has 11 heteroatoms. The van der Waals surface area contributed by atoms with Gasteiger partial charge in [-0.1, -0.05) is 97.1 Å². The van der Waals surface area contributed by atoms with Gasteiger partial charge in [-0.25, -0.2) is 19.3 Å². The van der Waals surface area contributed by atoms with E-state index < -0.39 is 29.3 Å². The van der Waals surface area contributed by atoms with Gasteiger partial charge in [0.15, 0.2) is 17.5 Å². The summed E-state index contributed by atoms with van der Waals surface area (Å²) in [5.41, 5.74) is 0.444. The molecule has 52 heavy (non-hydrogen) atoms. The van der Waals surface area contributed by atoms with Gasteiger partial charge in [-0.15, -0.1) is 0 Å². The Kier molecular flexibility index (Phi) is 7.86. The molecule has 0 N–H and O–H groups in total. The van der Waals surface area contributed by atoms with Crippen molar-refractivity contribution >= 4 is 21.8 Å². The van der Waals surface area contributed by atoms with E-state index >= 15 is 4.39 Å². The maximum absolute atomic E-state index is 15.5. The van der Waals surface area contributed by atoms with Gasteiger partial charge in [0.1, 0.15) is 5.82 Å². The molecule has 4 nitrogen and oxygen atoms in total. The average molecular weight is 705 g/mol. The van der Waals surface area contributed by atoms with Gasteiger partial charge < -0.3 is 4.57 Å². The highest BCUT2D eigenvalue weighted by Gasteiger charge is 2.33. The van der Waals surface area contributed by atoms with Crippen molar-refractivity contribution in [2.75, 3.05) is 0 Å². The summed E-state index contributed by atoms with van der Waals surface area (Å²) < 4.78 is 101. The zero-order valence-electron chi connectivity index (χ0n) is 26.7. The summed E-state index contributed by atoms with van der Waals surface area (Å²) in [7, 11) is 0. The van der Waals surface area contributed by atoms with Crippen LogP contribution in [0, 0.1) is 5.82 Å². The third kappa shape index (κ3) is 5.93. The summed E-state index contributed by atoms with van der Waals surface area (Å²) in [4.78, 5) is 14.3. The minimum Gasteiger partial charge on any atom is -0.309 e. The molecule has 256 valence electrons. The number of aromatic nitrogens is 4. The van der Waals surface area contributed by atoms with Crippen molar-refractivity contribution in [1.29, 1.82) is 0 Å². The molecule has 8 aromatic rings. The van der Waals surface area contributed by atoms with E-state index in [2.05, 4.69) is 0 Å².